The maximum absolute atomic E-state index is 12.9. The van der Waals surface area contributed by atoms with E-state index in [1.54, 1.807) is 34.8 Å². The van der Waals surface area contributed by atoms with Gasteiger partial charge in [0.15, 0.2) is 5.17 Å². The Hall–Kier alpha value is -2.90. The van der Waals surface area contributed by atoms with Crippen LogP contribution in [-0.2, 0) is 11.3 Å². The second-order valence-corrected chi connectivity index (χ2v) is 7.62. The number of amides is 1. The van der Waals surface area contributed by atoms with Gasteiger partial charge in [-0.3, -0.25) is 9.69 Å². The Morgan fingerprint density at radius 3 is 2.70 bits per heavy atom. The van der Waals surface area contributed by atoms with Crippen LogP contribution in [0.15, 0.2) is 85.8 Å². The molecule has 1 saturated heterocycles. The molecule has 0 atom stereocenters. The van der Waals surface area contributed by atoms with E-state index in [4.69, 9.17) is 4.42 Å². The minimum atomic E-state index is -0.106. The van der Waals surface area contributed by atoms with Crippen molar-refractivity contribution in [2.24, 2.45) is 10.2 Å². The molecule has 0 aliphatic carbocycles. The topological polar surface area (TPSA) is 58.2 Å². The summed E-state index contributed by atoms with van der Waals surface area (Å²) in [5.74, 6) is 0.588. The Morgan fingerprint density at radius 2 is 1.96 bits per heavy atom. The first-order valence-electron chi connectivity index (χ1n) is 8.23. The van der Waals surface area contributed by atoms with Crippen LogP contribution >= 0.6 is 23.1 Å². The lowest BCUT2D eigenvalue weighted by molar-refractivity contribution is -0.122. The lowest BCUT2D eigenvalue weighted by atomic mass is 10.2. The van der Waals surface area contributed by atoms with Crippen LogP contribution in [0.3, 0.4) is 0 Å². The number of benzene rings is 1. The molecule has 0 spiro atoms. The van der Waals surface area contributed by atoms with Crippen LogP contribution in [0, 0.1) is 0 Å². The molecular formula is C20H15N3O2S2. The van der Waals surface area contributed by atoms with Gasteiger partial charge < -0.3 is 4.42 Å². The first-order chi connectivity index (χ1) is 13.3. The molecule has 1 aliphatic heterocycles. The summed E-state index contributed by atoms with van der Waals surface area (Å²) in [7, 11) is 0. The van der Waals surface area contributed by atoms with E-state index < -0.39 is 0 Å². The molecule has 1 fully saturated rings. The maximum Gasteiger partial charge on any atom is 0.267 e. The van der Waals surface area contributed by atoms with E-state index in [-0.39, 0.29) is 5.91 Å². The second kappa shape index (κ2) is 8.20. The van der Waals surface area contributed by atoms with Crippen molar-refractivity contribution in [2.45, 2.75) is 6.54 Å². The number of carbonyl (C=O) groups is 1. The number of hydrogen-bond donors (Lipinski definition) is 0. The van der Waals surface area contributed by atoms with E-state index in [1.807, 2.05) is 60.0 Å². The Bertz CT molecular complexity index is 991. The van der Waals surface area contributed by atoms with Crippen LogP contribution < -0.4 is 0 Å². The zero-order valence-corrected chi connectivity index (χ0v) is 15.8. The van der Waals surface area contributed by atoms with Gasteiger partial charge in [0.25, 0.3) is 5.91 Å². The summed E-state index contributed by atoms with van der Waals surface area (Å²) in [6.07, 6.45) is 5.15. The standard InChI is InChI=1S/C20H15N3O2S2/c24-19-18(12-15-6-2-1-3-7-15)27-20(22-21-13-17-9-5-11-26-17)23(19)14-16-8-4-10-25-16/h1-13H,14H2/b18-12-,21-13+,22-20+. The number of rotatable bonds is 5. The molecular weight excluding hydrogens is 378 g/mol. The predicted octanol–water partition coefficient (Wildman–Crippen LogP) is 4.85. The third-order valence-corrected chi connectivity index (χ3v) is 5.55. The van der Waals surface area contributed by atoms with Crippen molar-refractivity contribution in [1.29, 1.82) is 0 Å². The van der Waals surface area contributed by atoms with E-state index in [1.165, 1.54) is 11.8 Å². The predicted molar refractivity (Wildman–Crippen MR) is 111 cm³/mol. The Balaban J connectivity index is 1.62. The zero-order chi connectivity index (χ0) is 18.5. The molecule has 0 unspecified atom stereocenters. The first kappa shape index (κ1) is 17.5. The molecule has 7 heteroatoms. The van der Waals surface area contributed by atoms with Crippen molar-refractivity contribution in [1.82, 2.24) is 4.90 Å². The molecule has 0 bridgehead atoms. The van der Waals surface area contributed by atoms with Gasteiger partial charge in [-0.2, -0.15) is 5.10 Å². The fourth-order valence-corrected chi connectivity index (χ4v) is 4.00. The highest BCUT2D eigenvalue weighted by atomic mass is 32.2. The molecule has 4 rings (SSSR count). The molecule has 1 aromatic carbocycles. The Morgan fingerprint density at radius 1 is 1.07 bits per heavy atom. The molecule has 1 aliphatic rings. The molecule has 1 amide bonds. The van der Waals surface area contributed by atoms with E-state index in [9.17, 15) is 4.79 Å². The first-order valence-corrected chi connectivity index (χ1v) is 9.92. The molecule has 134 valence electrons. The van der Waals surface area contributed by atoms with Crippen molar-refractivity contribution < 1.29 is 9.21 Å². The number of hydrogen-bond acceptors (Lipinski definition) is 6. The number of thioether (sulfide) groups is 1. The highest BCUT2D eigenvalue weighted by molar-refractivity contribution is 8.18. The van der Waals surface area contributed by atoms with E-state index in [2.05, 4.69) is 10.2 Å². The number of thiophene rings is 1. The highest BCUT2D eigenvalue weighted by Crippen LogP contribution is 2.33. The summed E-state index contributed by atoms with van der Waals surface area (Å²) < 4.78 is 5.39. The van der Waals surface area contributed by atoms with E-state index in [0.29, 0.717) is 22.4 Å². The third kappa shape index (κ3) is 4.27. The monoisotopic (exact) mass is 393 g/mol. The fourth-order valence-electron chi connectivity index (χ4n) is 2.48. The van der Waals surface area contributed by atoms with Gasteiger partial charge in [0.05, 0.1) is 23.9 Å². The van der Waals surface area contributed by atoms with Gasteiger partial charge in [-0.25, -0.2) is 0 Å². The smallest absolute Gasteiger partial charge is 0.267 e. The van der Waals surface area contributed by atoms with Gasteiger partial charge in [-0.15, -0.1) is 16.4 Å². The van der Waals surface area contributed by atoms with Crippen LogP contribution in [0.5, 0.6) is 0 Å². The van der Waals surface area contributed by atoms with Gasteiger partial charge in [-0.1, -0.05) is 36.4 Å². The lowest BCUT2D eigenvalue weighted by Gasteiger charge is -2.12. The van der Waals surface area contributed by atoms with Gasteiger partial charge in [-0.05, 0) is 47.0 Å². The third-order valence-electron chi connectivity index (χ3n) is 3.75. The SMILES string of the molecule is O=C1/C(=C/c2ccccc2)S/C(=N/N=C/c2cccs2)N1Cc1ccco1. The quantitative estimate of drug-likeness (QED) is 0.354. The summed E-state index contributed by atoms with van der Waals surface area (Å²) in [5, 5.41) is 10.9. The normalized spacial score (nSPS) is 17.6. The van der Waals surface area contributed by atoms with Crippen LogP contribution in [0.4, 0.5) is 0 Å². The van der Waals surface area contributed by atoms with Crippen molar-refractivity contribution >= 4 is 46.5 Å². The number of amidine groups is 1. The van der Waals surface area contributed by atoms with Crippen LogP contribution in [0.25, 0.3) is 6.08 Å². The molecule has 5 nitrogen and oxygen atoms in total. The van der Waals surface area contributed by atoms with E-state index >= 15 is 0 Å². The highest BCUT2D eigenvalue weighted by Gasteiger charge is 2.34. The van der Waals surface area contributed by atoms with Gasteiger partial charge in [0, 0.05) is 4.88 Å². The summed E-state index contributed by atoms with van der Waals surface area (Å²) in [5.41, 5.74) is 0.967. The van der Waals surface area contributed by atoms with Gasteiger partial charge >= 0.3 is 0 Å². The Kier molecular flexibility index (Phi) is 5.32. The molecule has 3 aromatic rings. The van der Waals surface area contributed by atoms with Crippen LogP contribution in [0.2, 0.25) is 0 Å². The molecule has 3 heterocycles. The Labute approximate surface area is 164 Å². The number of furan rings is 1. The molecule has 0 N–H and O–H groups in total. The molecule has 0 radical (unpaired) electrons. The zero-order valence-electron chi connectivity index (χ0n) is 14.2. The summed E-state index contributed by atoms with van der Waals surface area (Å²) in [4.78, 5) is 16.1. The van der Waals surface area contributed by atoms with Crippen molar-refractivity contribution in [3.05, 3.63) is 87.3 Å². The largest absolute Gasteiger partial charge is 0.467 e. The fraction of sp³-hybridized carbons (Fsp3) is 0.0500. The lowest BCUT2D eigenvalue weighted by Crippen LogP contribution is -2.28. The number of carbonyl (C=O) groups excluding carboxylic acids is 1. The van der Waals surface area contributed by atoms with Gasteiger partial charge in [0.2, 0.25) is 0 Å². The van der Waals surface area contributed by atoms with Crippen molar-refractivity contribution in [3.63, 3.8) is 0 Å². The average Bonchev–Trinajstić information content (AvgIpc) is 3.43. The summed E-state index contributed by atoms with van der Waals surface area (Å²) in [6.45, 7) is 0.318. The van der Waals surface area contributed by atoms with Crippen molar-refractivity contribution in [3.8, 4) is 0 Å². The minimum absolute atomic E-state index is 0.106. The van der Waals surface area contributed by atoms with E-state index in [0.717, 1.165) is 10.4 Å². The van der Waals surface area contributed by atoms with Gasteiger partial charge in [0.1, 0.15) is 5.76 Å². The molecule has 27 heavy (non-hydrogen) atoms. The van der Waals surface area contributed by atoms with Crippen LogP contribution in [-0.4, -0.2) is 22.2 Å². The minimum Gasteiger partial charge on any atom is -0.467 e. The average molecular weight is 393 g/mol. The molecule has 0 saturated carbocycles. The summed E-state index contributed by atoms with van der Waals surface area (Å²) >= 11 is 2.90. The van der Waals surface area contributed by atoms with Crippen LogP contribution in [0.1, 0.15) is 16.2 Å². The number of nitrogens with zero attached hydrogens (tertiary/aromatic N) is 3. The maximum atomic E-state index is 12.9. The molecule has 2 aromatic heterocycles. The van der Waals surface area contributed by atoms with Crippen molar-refractivity contribution in [2.75, 3.05) is 0 Å². The second-order valence-electron chi connectivity index (χ2n) is 5.63. The summed E-state index contributed by atoms with van der Waals surface area (Å²) in [6, 6.07) is 17.3.